The number of carboxylic acid groups (broad SMARTS) is 1. The van der Waals surface area contributed by atoms with Gasteiger partial charge < -0.3 is 60.8 Å². The van der Waals surface area contributed by atoms with Gasteiger partial charge in [0, 0.05) is 0 Å². The summed E-state index contributed by atoms with van der Waals surface area (Å²) >= 11 is 0. The van der Waals surface area contributed by atoms with Crippen molar-refractivity contribution in [1.82, 2.24) is 16.0 Å². The number of rotatable bonds is 11. The summed E-state index contributed by atoms with van der Waals surface area (Å²) in [5.41, 5.74) is -0.947. The fourth-order valence-electron chi connectivity index (χ4n) is 4.52. The molecule has 1 saturated heterocycles. The third-order valence-corrected chi connectivity index (χ3v) is 6.69. The number of aliphatic hydroxyl groups excluding tert-OH is 5. The molecule has 2 aliphatic rings. The average Bonchev–Trinajstić information content (AvgIpc) is 2.87. The van der Waals surface area contributed by atoms with E-state index in [0.29, 0.717) is 25.7 Å². The number of ether oxygens (including phenoxy) is 3. The normalized spacial score (nSPS) is 30.8. The fourth-order valence-corrected chi connectivity index (χ4v) is 4.52. The summed E-state index contributed by atoms with van der Waals surface area (Å²) < 4.78 is 16.4. The van der Waals surface area contributed by atoms with E-state index in [9.17, 15) is 49.8 Å². The van der Waals surface area contributed by atoms with E-state index in [1.165, 1.54) is 6.92 Å². The van der Waals surface area contributed by atoms with Gasteiger partial charge in [-0.15, -0.1) is 0 Å². The number of aliphatic carboxylic acids is 1. The number of amides is 3. The lowest BCUT2D eigenvalue weighted by Gasteiger charge is -2.42. The van der Waals surface area contributed by atoms with Gasteiger partial charge in [-0.1, -0.05) is 12.8 Å². The second-order valence-electron chi connectivity index (χ2n) is 11.3. The minimum atomic E-state index is -1.80. The van der Waals surface area contributed by atoms with Crippen molar-refractivity contribution >= 4 is 23.9 Å². The van der Waals surface area contributed by atoms with Crippen molar-refractivity contribution in [2.75, 3.05) is 6.61 Å². The Bertz CT molecular complexity index is 914. The van der Waals surface area contributed by atoms with Gasteiger partial charge in [0.1, 0.15) is 42.1 Å². The molecule has 1 aliphatic carbocycles. The van der Waals surface area contributed by atoms with Gasteiger partial charge >= 0.3 is 12.1 Å². The van der Waals surface area contributed by atoms with Gasteiger partial charge in [-0.05, 0) is 40.5 Å². The first-order chi connectivity index (χ1) is 19.0. The standard InChI is InChI=1S/C25H43N3O13/c1-11-18(33)19(34)20(35)23(39-11)40-15-8-6-5-7-12(15)26-22(37)17(14(30)10-29)28-21(36)13(9-16(31)32)27-24(38)41-25(2,3)4/h11-15,17-20,23,29-30,33-35H,5-10H2,1-4H3,(H,26,37)(H,27,38)(H,28,36)(H,31,32)/t11-,12+,13-,14?,15+,17-,18+,19+,20-,23-/m0/s1. The molecule has 0 aromatic heterocycles. The lowest BCUT2D eigenvalue weighted by Crippen LogP contribution is -2.62. The second-order valence-corrected chi connectivity index (χ2v) is 11.3. The maximum Gasteiger partial charge on any atom is 0.408 e. The smallest absolute Gasteiger partial charge is 0.408 e. The maximum atomic E-state index is 13.2. The Kier molecular flexibility index (Phi) is 12.7. The van der Waals surface area contributed by atoms with Crippen LogP contribution in [0.3, 0.4) is 0 Å². The largest absolute Gasteiger partial charge is 0.481 e. The van der Waals surface area contributed by atoms with Gasteiger partial charge in [-0.2, -0.15) is 0 Å². The monoisotopic (exact) mass is 593 g/mol. The van der Waals surface area contributed by atoms with Crippen molar-refractivity contribution in [3.8, 4) is 0 Å². The summed E-state index contributed by atoms with van der Waals surface area (Å²) in [6, 6.07) is -4.13. The van der Waals surface area contributed by atoms with E-state index in [1.54, 1.807) is 20.8 Å². The molecule has 10 atom stereocenters. The first-order valence-electron chi connectivity index (χ1n) is 13.5. The van der Waals surface area contributed by atoms with Gasteiger partial charge in [0.15, 0.2) is 6.29 Å². The fraction of sp³-hybridized carbons (Fsp3) is 0.840. The highest BCUT2D eigenvalue weighted by atomic mass is 16.7. The number of carbonyl (C=O) groups excluding carboxylic acids is 3. The lowest BCUT2D eigenvalue weighted by molar-refractivity contribution is -0.307. The number of carbonyl (C=O) groups is 4. The number of alkyl carbamates (subject to hydrolysis) is 1. The van der Waals surface area contributed by atoms with E-state index >= 15 is 0 Å². The van der Waals surface area contributed by atoms with Crippen LogP contribution in [-0.4, -0.2) is 128 Å². The van der Waals surface area contributed by atoms with Crippen molar-refractivity contribution in [3.05, 3.63) is 0 Å². The van der Waals surface area contributed by atoms with Gasteiger partial charge in [-0.25, -0.2) is 4.79 Å². The van der Waals surface area contributed by atoms with Gasteiger partial charge in [-0.3, -0.25) is 14.4 Å². The predicted molar refractivity (Wildman–Crippen MR) is 138 cm³/mol. The molecule has 1 unspecified atom stereocenters. The molecule has 1 aliphatic heterocycles. The lowest BCUT2D eigenvalue weighted by atomic mass is 9.91. The molecule has 236 valence electrons. The van der Waals surface area contributed by atoms with Crippen LogP contribution >= 0.6 is 0 Å². The van der Waals surface area contributed by atoms with Crippen molar-refractivity contribution in [3.63, 3.8) is 0 Å². The molecule has 0 aromatic carbocycles. The summed E-state index contributed by atoms with van der Waals surface area (Å²) in [5, 5.41) is 66.3. The van der Waals surface area contributed by atoms with Crippen LogP contribution in [0.5, 0.6) is 0 Å². The summed E-state index contributed by atoms with van der Waals surface area (Å²) in [7, 11) is 0. The third kappa shape index (κ3) is 10.3. The number of carboxylic acids is 1. The minimum absolute atomic E-state index is 0.400. The average molecular weight is 594 g/mol. The zero-order valence-corrected chi connectivity index (χ0v) is 23.6. The molecule has 16 heteroatoms. The van der Waals surface area contributed by atoms with E-state index in [2.05, 4.69) is 16.0 Å². The molecule has 0 radical (unpaired) electrons. The molecule has 0 spiro atoms. The van der Waals surface area contributed by atoms with Crippen LogP contribution in [0.4, 0.5) is 4.79 Å². The van der Waals surface area contributed by atoms with Gasteiger partial charge in [0.05, 0.1) is 31.3 Å². The topological polar surface area (TPSA) is 253 Å². The predicted octanol–water partition coefficient (Wildman–Crippen LogP) is -2.54. The molecule has 0 aromatic rings. The molecule has 16 nitrogen and oxygen atoms in total. The number of hydrogen-bond donors (Lipinski definition) is 9. The van der Waals surface area contributed by atoms with Crippen LogP contribution in [0.2, 0.25) is 0 Å². The number of hydrogen-bond acceptors (Lipinski definition) is 12. The summed E-state index contributed by atoms with van der Waals surface area (Å²) in [4.78, 5) is 49.6. The maximum absolute atomic E-state index is 13.2. The molecule has 2 rings (SSSR count). The summed E-state index contributed by atoms with van der Waals surface area (Å²) in [5.74, 6) is -3.49. The Morgan fingerprint density at radius 1 is 0.976 bits per heavy atom. The molecule has 9 N–H and O–H groups in total. The molecule has 3 amide bonds. The Labute approximate surface area is 237 Å². The van der Waals surface area contributed by atoms with E-state index < -0.39 is 104 Å². The van der Waals surface area contributed by atoms with Crippen LogP contribution < -0.4 is 16.0 Å². The van der Waals surface area contributed by atoms with E-state index in [0.717, 1.165) is 0 Å². The van der Waals surface area contributed by atoms with Crippen molar-refractivity contribution in [2.24, 2.45) is 0 Å². The van der Waals surface area contributed by atoms with E-state index in [-0.39, 0.29) is 0 Å². The molecule has 1 saturated carbocycles. The zero-order valence-electron chi connectivity index (χ0n) is 23.6. The summed E-state index contributed by atoms with van der Waals surface area (Å²) in [6.45, 7) is 5.24. The van der Waals surface area contributed by atoms with Gasteiger partial charge in [0.2, 0.25) is 11.8 Å². The Hall–Kier alpha value is -2.60. The highest BCUT2D eigenvalue weighted by Gasteiger charge is 2.45. The minimum Gasteiger partial charge on any atom is -0.481 e. The Morgan fingerprint density at radius 3 is 2.20 bits per heavy atom. The van der Waals surface area contributed by atoms with Crippen LogP contribution in [0.15, 0.2) is 0 Å². The highest BCUT2D eigenvalue weighted by molar-refractivity contribution is 5.93. The Morgan fingerprint density at radius 2 is 1.61 bits per heavy atom. The van der Waals surface area contributed by atoms with Gasteiger partial charge in [0.25, 0.3) is 0 Å². The quantitative estimate of drug-likeness (QED) is 0.120. The second kappa shape index (κ2) is 15.0. The van der Waals surface area contributed by atoms with Crippen molar-refractivity contribution in [1.29, 1.82) is 0 Å². The van der Waals surface area contributed by atoms with Crippen LogP contribution in [0.25, 0.3) is 0 Å². The zero-order chi connectivity index (χ0) is 31.1. The molecular formula is C25H43N3O13. The molecule has 2 fully saturated rings. The molecule has 41 heavy (non-hydrogen) atoms. The summed E-state index contributed by atoms with van der Waals surface area (Å²) in [6.07, 6.45) is -8.83. The van der Waals surface area contributed by atoms with Crippen molar-refractivity contribution in [2.45, 2.75) is 126 Å². The van der Waals surface area contributed by atoms with Crippen molar-refractivity contribution < 1.29 is 64.0 Å². The molecule has 1 heterocycles. The van der Waals surface area contributed by atoms with E-state index in [1.807, 2.05) is 0 Å². The number of aliphatic hydroxyl groups is 5. The first-order valence-corrected chi connectivity index (χ1v) is 13.5. The highest BCUT2D eigenvalue weighted by Crippen LogP contribution is 2.28. The first kappa shape index (κ1) is 34.6. The number of nitrogens with one attached hydrogen (secondary N) is 3. The van der Waals surface area contributed by atoms with Crippen LogP contribution in [0, 0.1) is 0 Å². The SMILES string of the molecule is C[C@@H]1O[C@@H](O[C@@H]2CCCC[C@H]2NC(=O)[C@@H](NC(=O)[C@H](CC(=O)O)NC(=O)OC(C)(C)C)C(O)CO)[C@@H](O)[C@H](O)[C@@H]1O. The van der Waals surface area contributed by atoms with Crippen LogP contribution in [-0.2, 0) is 28.6 Å². The third-order valence-electron chi connectivity index (χ3n) is 6.69. The Balaban J connectivity index is 2.14. The van der Waals surface area contributed by atoms with Crippen LogP contribution in [0.1, 0.15) is 59.8 Å². The molecular weight excluding hydrogens is 550 g/mol. The van der Waals surface area contributed by atoms with E-state index in [4.69, 9.17) is 14.2 Å². The molecule has 0 bridgehead atoms.